The Hall–Kier alpha value is -2.02. The summed E-state index contributed by atoms with van der Waals surface area (Å²) in [5.74, 6) is -0.0371. The maximum absolute atomic E-state index is 12.9. The summed E-state index contributed by atoms with van der Waals surface area (Å²) in [4.78, 5) is 32.1. The summed E-state index contributed by atoms with van der Waals surface area (Å²) >= 11 is 0. The lowest BCUT2D eigenvalue weighted by Crippen LogP contribution is -2.45. The Morgan fingerprint density at radius 3 is 2.78 bits per heavy atom. The van der Waals surface area contributed by atoms with E-state index in [9.17, 15) is 14.0 Å². The molecule has 7 heteroatoms. The third-order valence-electron chi connectivity index (χ3n) is 4.97. The summed E-state index contributed by atoms with van der Waals surface area (Å²) in [5.41, 5.74) is 0.574. The molecule has 6 nitrogen and oxygen atoms in total. The highest BCUT2D eigenvalue weighted by Gasteiger charge is 2.47. The van der Waals surface area contributed by atoms with Crippen LogP contribution in [0.25, 0.3) is 0 Å². The van der Waals surface area contributed by atoms with Crippen molar-refractivity contribution in [1.29, 1.82) is 0 Å². The van der Waals surface area contributed by atoms with Crippen molar-refractivity contribution in [2.24, 2.45) is 5.92 Å². The molecule has 0 aromatic carbocycles. The second-order valence-electron chi connectivity index (χ2n) is 6.30. The molecule has 0 unspecified atom stereocenters. The molecule has 1 aromatic rings. The molecular weight excluding hydrogens is 299 g/mol. The molecule has 3 heterocycles. The van der Waals surface area contributed by atoms with Crippen molar-refractivity contribution >= 4 is 11.8 Å². The monoisotopic (exact) mass is 320 g/mol. The standard InChI is InChI=1S/C16H21FN4O2/c1-18-16(23)13-5-10-8-21(9-14(10)20(13)2)15(22)6-12-4-3-11(17)7-19-12/h3-4,7,10,13-14H,5-6,8-9H2,1-2H3,(H,18,23)/t10-,13-,14+/m0/s1. The molecular formula is C16H21FN4O2. The molecule has 2 amide bonds. The van der Waals surface area contributed by atoms with E-state index in [1.165, 1.54) is 12.1 Å². The van der Waals surface area contributed by atoms with E-state index in [0.717, 1.165) is 12.6 Å². The van der Waals surface area contributed by atoms with Gasteiger partial charge < -0.3 is 10.2 Å². The summed E-state index contributed by atoms with van der Waals surface area (Å²) in [6, 6.07) is 2.97. The highest BCUT2D eigenvalue weighted by molar-refractivity contribution is 5.82. The Balaban J connectivity index is 1.60. The van der Waals surface area contributed by atoms with Gasteiger partial charge in [-0.1, -0.05) is 0 Å². The molecule has 2 aliphatic rings. The quantitative estimate of drug-likeness (QED) is 0.854. The number of carbonyl (C=O) groups excluding carboxylic acids is 2. The number of carbonyl (C=O) groups is 2. The Kier molecular flexibility index (Phi) is 4.30. The number of halogens is 1. The average Bonchev–Trinajstić information content (AvgIpc) is 3.09. The van der Waals surface area contributed by atoms with Crippen LogP contribution >= 0.6 is 0 Å². The average molecular weight is 320 g/mol. The summed E-state index contributed by atoms with van der Waals surface area (Å²) < 4.78 is 12.9. The van der Waals surface area contributed by atoms with Crippen molar-refractivity contribution in [2.75, 3.05) is 27.2 Å². The lowest BCUT2D eigenvalue weighted by Gasteiger charge is -2.25. The number of aromatic nitrogens is 1. The Morgan fingerprint density at radius 1 is 1.39 bits per heavy atom. The van der Waals surface area contributed by atoms with Gasteiger partial charge in [-0.2, -0.15) is 0 Å². The van der Waals surface area contributed by atoms with Crippen molar-refractivity contribution in [3.05, 3.63) is 29.8 Å². The zero-order valence-electron chi connectivity index (χ0n) is 13.3. The molecule has 1 N–H and O–H groups in total. The van der Waals surface area contributed by atoms with E-state index in [0.29, 0.717) is 24.7 Å². The molecule has 2 fully saturated rings. The summed E-state index contributed by atoms with van der Waals surface area (Å²) in [6.45, 7) is 1.30. The Labute approximate surface area is 134 Å². The van der Waals surface area contributed by atoms with Crippen LogP contribution in [0, 0.1) is 11.7 Å². The van der Waals surface area contributed by atoms with Gasteiger partial charge in [0.05, 0.1) is 18.7 Å². The van der Waals surface area contributed by atoms with Crippen molar-refractivity contribution in [3.8, 4) is 0 Å². The van der Waals surface area contributed by atoms with E-state index in [4.69, 9.17) is 0 Å². The molecule has 124 valence electrons. The predicted octanol–water partition coefficient (Wildman–Crippen LogP) is 0.0403. The molecule has 0 bridgehead atoms. The minimum Gasteiger partial charge on any atom is -0.358 e. The number of amides is 2. The second kappa shape index (κ2) is 6.23. The van der Waals surface area contributed by atoms with Crippen molar-refractivity contribution < 1.29 is 14.0 Å². The first-order valence-electron chi connectivity index (χ1n) is 7.81. The van der Waals surface area contributed by atoms with Gasteiger partial charge in [0.2, 0.25) is 11.8 Å². The fourth-order valence-corrected chi connectivity index (χ4v) is 3.67. The van der Waals surface area contributed by atoms with Crippen molar-refractivity contribution in [1.82, 2.24) is 20.1 Å². The van der Waals surface area contributed by atoms with Crippen molar-refractivity contribution in [2.45, 2.75) is 24.9 Å². The second-order valence-corrected chi connectivity index (χ2v) is 6.30. The van der Waals surface area contributed by atoms with Gasteiger partial charge in [0, 0.05) is 31.9 Å². The number of likely N-dealkylation sites (N-methyl/N-ethyl adjacent to an activating group) is 2. The number of hydrogen-bond donors (Lipinski definition) is 1. The molecule has 0 spiro atoms. The number of rotatable bonds is 3. The molecule has 0 radical (unpaired) electrons. The van der Waals surface area contributed by atoms with Crippen LogP contribution in [0.15, 0.2) is 18.3 Å². The lowest BCUT2D eigenvalue weighted by atomic mass is 10.0. The molecule has 0 saturated carbocycles. The molecule has 3 rings (SSSR count). The zero-order valence-corrected chi connectivity index (χ0v) is 13.3. The number of fused-ring (bicyclic) bond motifs is 1. The van der Waals surface area contributed by atoms with E-state index in [1.807, 2.05) is 11.9 Å². The fourth-order valence-electron chi connectivity index (χ4n) is 3.67. The fraction of sp³-hybridized carbons (Fsp3) is 0.562. The molecule has 1 aromatic heterocycles. The summed E-state index contributed by atoms with van der Waals surface area (Å²) in [5, 5.41) is 2.70. The van der Waals surface area contributed by atoms with Crippen LogP contribution in [0.3, 0.4) is 0 Å². The van der Waals surface area contributed by atoms with Gasteiger partial charge >= 0.3 is 0 Å². The molecule has 23 heavy (non-hydrogen) atoms. The van der Waals surface area contributed by atoms with Gasteiger partial charge in [-0.05, 0) is 31.5 Å². The highest BCUT2D eigenvalue weighted by Crippen LogP contribution is 2.34. The number of pyridine rings is 1. The van der Waals surface area contributed by atoms with Crippen LogP contribution in [0.4, 0.5) is 4.39 Å². The van der Waals surface area contributed by atoms with Gasteiger partial charge in [0.15, 0.2) is 0 Å². The van der Waals surface area contributed by atoms with Gasteiger partial charge in [-0.3, -0.25) is 19.5 Å². The van der Waals surface area contributed by atoms with E-state index >= 15 is 0 Å². The number of nitrogens with zero attached hydrogens (tertiary/aromatic N) is 3. The maximum atomic E-state index is 12.9. The van der Waals surface area contributed by atoms with E-state index in [-0.39, 0.29) is 30.3 Å². The number of likely N-dealkylation sites (tertiary alicyclic amines) is 2. The molecule has 0 aliphatic carbocycles. The lowest BCUT2D eigenvalue weighted by molar-refractivity contribution is -0.130. The zero-order chi connectivity index (χ0) is 16.6. The SMILES string of the molecule is CNC(=O)[C@@H]1C[C@H]2CN(C(=O)Cc3ccc(F)cn3)C[C@H]2N1C. The Bertz CT molecular complexity index is 607. The van der Waals surface area contributed by atoms with Gasteiger partial charge in [-0.15, -0.1) is 0 Å². The van der Waals surface area contributed by atoms with E-state index in [1.54, 1.807) is 7.05 Å². The van der Waals surface area contributed by atoms with Gasteiger partial charge in [0.25, 0.3) is 0 Å². The van der Waals surface area contributed by atoms with E-state index < -0.39 is 5.82 Å². The molecule has 2 saturated heterocycles. The third-order valence-corrected chi connectivity index (χ3v) is 4.97. The first kappa shape index (κ1) is 15.9. The smallest absolute Gasteiger partial charge is 0.237 e. The topological polar surface area (TPSA) is 65.5 Å². The molecule has 2 aliphatic heterocycles. The Morgan fingerprint density at radius 2 is 2.17 bits per heavy atom. The third kappa shape index (κ3) is 3.06. The predicted molar refractivity (Wildman–Crippen MR) is 82.0 cm³/mol. The maximum Gasteiger partial charge on any atom is 0.237 e. The largest absolute Gasteiger partial charge is 0.358 e. The minimum absolute atomic E-state index is 0.00315. The minimum atomic E-state index is -0.404. The van der Waals surface area contributed by atoms with Crippen molar-refractivity contribution in [3.63, 3.8) is 0 Å². The normalized spacial score (nSPS) is 27.1. The first-order chi connectivity index (χ1) is 11.0. The van der Waals surface area contributed by atoms with Crippen LogP contribution in [-0.4, -0.2) is 65.9 Å². The van der Waals surface area contributed by atoms with Crippen LogP contribution in [-0.2, 0) is 16.0 Å². The summed E-state index contributed by atoms with van der Waals surface area (Å²) in [6.07, 6.45) is 2.09. The van der Waals surface area contributed by atoms with Gasteiger partial charge in [0.1, 0.15) is 5.82 Å². The van der Waals surface area contributed by atoms with Crippen LogP contribution in [0.5, 0.6) is 0 Å². The van der Waals surface area contributed by atoms with E-state index in [2.05, 4.69) is 15.2 Å². The number of nitrogens with one attached hydrogen (secondary N) is 1. The van der Waals surface area contributed by atoms with Crippen LogP contribution < -0.4 is 5.32 Å². The van der Waals surface area contributed by atoms with Gasteiger partial charge in [-0.25, -0.2) is 4.39 Å². The highest BCUT2D eigenvalue weighted by atomic mass is 19.1. The number of hydrogen-bond acceptors (Lipinski definition) is 4. The van der Waals surface area contributed by atoms with Crippen LogP contribution in [0.2, 0.25) is 0 Å². The van der Waals surface area contributed by atoms with Crippen LogP contribution in [0.1, 0.15) is 12.1 Å². The summed E-state index contributed by atoms with van der Waals surface area (Å²) in [7, 11) is 3.59. The first-order valence-corrected chi connectivity index (χ1v) is 7.81. The molecule has 3 atom stereocenters.